The Morgan fingerprint density at radius 1 is 0.915 bits per heavy atom. The van der Waals surface area contributed by atoms with E-state index >= 15 is 0 Å². The predicted molar refractivity (Wildman–Crippen MR) is 181 cm³/mol. The largest absolute Gasteiger partial charge is 0.429 e. The van der Waals surface area contributed by atoms with Gasteiger partial charge in [-0.15, -0.1) is 0 Å². The van der Waals surface area contributed by atoms with E-state index in [1.54, 1.807) is 32.1 Å². The molecule has 47 heavy (non-hydrogen) atoms. The fourth-order valence-electron chi connectivity index (χ4n) is 4.42. The Hall–Kier alpha value is -2.94. The highest BCUT2D eigenvalue weighted by molar-refractivity contribution is 6.30. The molecule has 10 heteroatoms. The van der Waals surface area contributed by atoms with Crippen molar-refractivity contribution >= 4 is 22.9 Å². The first-order valence-corrected chi connectivity index (χ1v) is 16.0. The van der Waals surface area contributed by atoms with Gasteiger partial charge in [-0.2, -0.15) is 26.3 Å². The van der Waals surface area contributed by atoms with E-state index in [1.807, 2.05) is 32.9 Å². The topological polar surface area (TPSA) is 12.4 Å². The molecule has 0 N–H and O–H groups in total. The molecule has 2 rings (SSSR count). The summed E-state index contributed by atoms with van der Waals surface area (Å²) in [5, 5.41) is 0.698. The van der Waals surface area contributed by atoms with Gasteiger partial charge >= 0.3 is 12.4 Å². The van der Waals surface area contributed by atoms with Gasteiger partial charge in [-0.05, 0) is 99.8 Å². The van der Waals surface area contributed by atoms with Crippen LogP contribution in [-0.4, -0.2) is 18.1 Å². The van der Waals surface area contributed by atoms with Crippen molar-refractivity contribution in [3.63, 3.8) is 0 Å². The molecule has 0 bridgehead atoms. The molecule has 264 valence electrons. The Morgan fingerprint density at radius 3 is 1.94 bits per heavy atom. The fraction of sp³-hybridized carbons (Fsp3) is 0.486. The highest BCUT2D eigenvalue weighted by Gasteiger charge is 2.34. The van der Waals surface area contributed by atoms with Crippen molar-refractivity contribution in [1.29, 1.82) is 0 Å². The van der Waals surface area contributed by atoms with Gasteiger partial charge in [0.05, 0.1) is 0 Å². The monoisotopic (exact) mass is 693 g/mol. The molecular formula is C37H48ClF8N. The van der Waals surface area contributed by atoms with Crippen LogP contribution in [0.15, 0.2) is 64.8 Å². The summed E-state index contributed by atoms with van der Waals surface area (Å²) in [6, 6.07) is 9.34. The maximum absolute atomic E-state index is 14.6. The number of alkyl halides is 6. The van der Waals surface area contributed by atoms with Crippen LogP contribution in [0.1, 0.15) is 116 Å². The van der Waals surface area contributed by atoms with Crippen LogP contribution >= 0.6 is 11.6 Å². The number of aliphatic imine (C=N–C) groups is 1. The third-order valence-electron chi connectivity index (χ3n) is 7.41. The molecule has 0 radical (unpaired) electrons. The van der Waals surface area contributed by atoms with Gasteiger partial charge in [-0.3, -0.25) is 4.99 Å². The van der Waals surface area contributed by atoms with Crippen LogP contribution in [0.4, 0.5) is 35.1 Å². The zero-order chi connectivity index (χ0) is 36.7. The average Bonchev–Trinajstić information content (AvgIpc) is 2.98. The smallest absolute Gasteiger partial charge is 0.253 e. The van der Waals surface area contributed by atoms with E-state index in [0.717, 1.165) is 43.7 Å². The summed E-state index contributed by atoms with van der Waals surface area (Å²) in [6.07, 6.45) is -2.30. The van der Waals surface area contributed by atoms with Crippen molar-refractivity contribution in [2.24, 2.45) is 4.99 Å². The van der Waals surface area contributed by atoms with Gasteiger partial charge in [0.15, 0.2) is 11.6 Å². The number of benzene rings is 2. The lowest BCUT2D eigenvalue weighted by Crippen LogP contribution is -2.22. The van der Waals surface area contributed by atoms with Crippen molar-refractivity contribution < 1.29 is 35.1 Å². The molecule has 0 aliphatic carbocycles. The van der Waals surface area contributed by atoms with Gasteiger partial charge in [0.1, 0.15) is 5.71 Å². The van der Waals surface area contributed by atoms with Gasteiger partial charge in [0.2, 0.25) is 0 Å². The third kappa shape index (κ3) is 14.8. The summed E-state index contributed by atoms with van der Waals surface area (Å²) in [5.74, 6) is -1.70. The molecule has 0 aromatic heterocycles. The lowest BCUT2D eigenvalue weighted by Gasteiger charge is -2.22. The number of aryl methyl sites for hydroxylation is 2. The second kappa shape index (κ2) is 20.4. The van der Waals surface area contributed by atoms with E-state index in [2.05, 4.69) is 31.5 Å². The first kappa shape index (κ1) is 44.1. The van der Waals surface area contributed by atoms with Crippen LogP contribution < -0.4 is 0 Å². The summed E-state index contributed by atoms with van der Waals surface area (Å²) in [4.78, 5) is 3.51. The standard InChI is InChI=1S/C24H29ClF2.C9H14F3N.C4H5F3/c1-6-8-9-20(22-14-19(25)12-11-18(22)7-2)16(4)17(5)21-13-10-15(3)23(26)24(21)27;1-4-6-7(3)13-8(5-2)9(10,11)12;1-3(2)4(5,6)7/h10-14,17H,6-9H2,1-5H3;6H,4-5H2,1-3H3;1H2,2H3/b20-16+;7-6+,13-8?;. The molecule has 0 fully saturated rings. The van der Waals surface area contributed by atoms with Crippen LogP contribution in [0.2, 0.25) is 5.02 Å². The zero-order valence-corrected chi connectivity index (χ0v) is 29.6. The zero-order valence-electron chi connectivity index (χ0n) is 28.8. The molecule has 0 saturated carbocycles. The van der Waals surface area contributed by atoms with Crippen LogP contribution in [0, 0.1) is 18.6 Å². The number of halogens is 9. The Morgan fingerprint density at radius 2 is 1.49 bits per heavy atom. The molecule has 2 aromatic rings. The highest BCUT2D eigenvalue weighted by Crippen LogP contribution is 2.37. The molecule has 1 unspecified atom stereocenters. The molecule has 0 spiro atoms. The van der Waals surface area contributed by atoms with Crippen LogP contribution in [-0.2, 0) is 6.42 Å². The Bertz CT molecular complexity index is 1400. The molecule has 0 aliphatic rings. The van der Waals surface area contributed by atoms with Gasteiger partial charge in [-0.1, -0.05) is 89.1 Å². The van der Waals surface area contributed by atoms with E-state index in [-0.39, 0.29) is 12.3 Å². The number of rotatable bonds is 10. The van der Waals surface area contributed by atoms with E-state index in [9.17, 15) is 35.1 Å². The van der Waals surface area contributed by atoms with Crippen LogP contribution in [0.5, 0.6) is 0 Å². The van der Waals surface area contributed by atoms with Crippen molar-refractivity contribution in [2.75, 3.05) is 0 Å². The Kier molecular flexibility index (Phi) is 19.2. The minimum Gasteiger partial charge on any atom is -0.253 e. The molecule has 1 nitrogen and oxygen atoms in total. The maximum atomic E-state index is 14.6. The maximum Gasteiger partial charge on any atom is 0.429 e. The van der Waals surface area contributed by atoms with Crippen molar-refractivity contribution in [1.82, 2.24) is 0 Å². The molecule has 0 aliphatic heterocycles. The lowest BCUT2D eigenvalue weighted by atomic mass is 9.84. The van der Waals surface area contributed by atoms with Crippen molar-refractivity contribution in [3.8, 4) is 0 Å². The average molecular weight is 694 g/mol. The number of hydrogen-bond acceptors (Lipinski definition) is 1. The van der Waals surface area contributed by atoms with Crippen LogP contribution in [0.3, 0.4) is 0 Å². The second-order valence-corrected chi connectivity index (χ2v) is 11.6. The number of allylic oxidation sites excluding steroid dienone is 5. The van der Waals surface area contributed by atoms with E-state index in [0.29, 0.717) is 28.3 Å². The van der Waals surface area contributed by atoms with Gasteiger partial charge < -0.3 is 0 Å². The number of unbranched alkanes of at least 4 members (excludes halogenated alkanes) is 1. The lowest BCUT2D eigenvalue weighted by molar-refractivity contribution is -0.0909. The first-order valence-electron chi connectivity index (χ1n) is 15.6. The Labute approximate surface area is 280 Å². The van der Waals surface area contributed by atoms with E-state index in [1.165, 1.54) is 18.1 Å². The molecular weight excluding hydrogens is 646 g/mol. The third-order valence-corrected chi connectivity index (χ3v) is 7.65. The van der Waals surface area contributed by atoms with Gasteiger partial charge in [0.25, 0.3) is 0 Å². The summed E-state index contributed by atoms with van der Waals surface area (Å²) in [6.45, 7) is 18.4. The number of nitrogens with zero attached hydrogens (tertiary/aromatic N) is 1. The van der Waals surface area contributed by atoms with Crippen LogP contribution in [0.25, 0.3) is 5.57 Å². The molecule has 0 saturated heterocycles. The predicted octanol–water partition coefficient (Wildman–Crippen LogP) is 14.1. The molecule has 2 aromatic carbocycles. The fourth-order valence-corrected chi connectivity index (χ4v) is 4.59. The first-order chi connectivity index (χ1) is 21.7. The highest BCUT2D eigenvalue weighted by atomic mass is 35.5. The Balaban J connectivity index is 0.000000875. The van der Waals surface area contributed by atoms with Crippen molar-refractivity contribution in [3.05, 3.63) is 98.7 Å². The van der Waals surface area contributed by atoms with E-state index < -0.39 is 35.3 Å². The molecule has 0 amide bonds. The minimum absolute atomic E-state index is 0.0849. The summed E-state index contributed by atoms with van der Waals surface area (Å²) in [7, 11) is 0. The minimum atomic E-state index is -4.29. The van der Waals surface area contributed by atoms with Gasteiger partial charge in [0, 0.05) is 22.2 Å². The summed E-state index contributed by atoms with van der Waals surface area (Å²) < 4.78 is 98.4. The van der Waals surface area contributed by atoms with E-state index in [4.69, 9.17) is 11.6 Å². The molecule has 0 heterocycles. The van der Waals surface area contributed by atoms with Gasteiger partial charge in [-0.25, -0.2) is 8.78 Å². The number of hydrogen-bond donors (Lipinski definition) is 0. The quantitative estimate of drug-likeness (QED) is 0.133. The normalized spacial score (nSPS) is 13.6. The summed E-state index contributed by atoms with van der Waals surface area (Å²) in [5.41, 5.74) is 4.33. The SMILES string of the molecule is C=C(C)C(F)(F)F.CC/C=C(\C)N=C(CC)C(F)(F)F.CCCC/C(=C(/C)C(C)c1ccc(C)c(F)c1F)c1cc(Cl)ccc1CC. The van der Waals surface area contributed by atoms with Crippen molar-refractivity contribution in [2.45, 2.75) is 119 Å². The molecule has 1 atom stereocenters. The summed E-state index contributed by atoms with van der Waals surface area (Å²) >= 11 is 6.28. The second-order valence-electron chi connectivity index (χ2n) is 11.2.